The van der Waals surface area contributed by atoms with E-state index < -0.39 is 0 Å². The van der Waals surface area contributed by atoms with E-state index in [9.17, 15) is 9.18 Å². The molecule has 0 bridgehead atoms. The highest BCUT2D eigenvalue weighted by atomic mass is 19.1. The smallest absolute Gasteiger partial charge is 0.217 e. The molecule has 1 amide bonds. The molecule has 1 aromatic heterocycles. The second-order valence-electron chi connectivity index (χ2n) is 5.17. The molecule has 2 aromatic rings. The number of hydrogen-bond acceptors (Lipinski definition) is 3. The van der Waals surface area contributed by atoms with E-state index >= 15 is 0 Å². The van der Waals surface area contributed by atoms with Gasteiger partial charge in [-0.2, -0.15) is 5.10 Å². The van der Waals surface area contributed by atoms with E-state index in [1.165, 1.54) is 19.1 Å². The van der Waals surface area contributed by atoms with Crippen molar-refractivity contribution in [1.29, 1.82) is 0 Å². The Morgan fingerprint density at radius 3 is 2.67 bits per heavy atom. The summed E-state index contributed by atoms with van der Waals surface area (Å²) in [7, 11) is 0. The van der Waals surface area contributed by atoms with Gasteiger partial charge in [0.1, 0.15) is 17.5 Å². The van der Waals surface area contributed by atoms with Gasteiger partial charge in [0.05, 0.1) is 6.54 Å². The molecule has 0 aliphatic heterocycles. The molecule has 5 nitrogen and oxygen atoms in total. The minimum absolute atomic E-state index is 0.0157. The van der Waals surface area contributed by atoms with Gasteiger partial charge in [-0.1, -0.05) is 12.1 Å². The summed E-state index contributed by atoms with van der Waals surface area (Å²) in [6.45, 7) is 5.77. The molecular weight excluding hydrogens is 271 g/mol. The van der Waals surface area contributed by atoms with Crippen LogP contribution in [0.4, 0.5) is 4.39 Å². The second kappa shape index (κ2) is 6.47. The van der Waals surface area contributed by atoms with E-state index in [0.29, 0.717) is 18.8 Å². The van der Waals surface area contributed by atoms with Gasteiger partial charge >= 0.3 is 0 Å². The third kappa shape index (κ3) is 4.37. The molecule has 0 aliphatic rings. The number of carbonyl (C=O) groups excluding carboxylic acids is 1. The first kappa shape index (κ1) is 15.2. The fraction of sp³-hybridized carbons (Fsp3) is 0.400. The van der Waals surface area contributed by atoms with Gasteiger partial charge in [-0.05, 0) is 31.5 Å². The van der Waals surface area contributed by atoms with Gasteiger partial charge in [0.2, 0.25) is 5.91 Å². The van der Waals surface area contributed by atoms with Crippen LogP contribution in [-0.4, -0.2) is 26.7 Å². The third-order valence-electron chi connectivity index (χ3n) is 3.04. The minimum atomic E-state index is -0.256. The predicted molar refractivity (Wildman–Crippen MR) is 77.2 cm³/mol. The Balaban J connectivity index is 2.12. The topological polar surface area (TPSA) is 59.8 Å². The van der Waals surface area contributed by atoms with Crippen molar-refractivity contribution in [2.45, 2.75) is 39.8 Å². The number of nitrogens with one attached hydrogen (secondary N) is 1. The van der Waals surface area contributed by atoms with Crippen molar-refractivity contribution in [1.82, 2.24) is 20.1 Å². The number of amides is 1. The third-order valence-corrected chi connectivity index (χ3v) is 3.04. The highest BCUT2D eigenvalue weighted by molar-refractivity contribution is 5.73. The fourth-order valence-corrected chi connectivity index (χ4v) is 2.21. The lowest BCUT2D eigenvalue weighted by Gasteiger charge is -2.12. The zero-order valence-electron chi connectivity index (χ0n) is 12.4. The van der Waals surface area contributed by atoms with Crippen LogP contribution in [0.2, 0.25) is 0 Å². The van der Waals surface area contributed by atoms with Crippen molar-refractivity contribution in [3.05, 3.63) is 47.3 Å². The number of hydrogen-bond donors (Lipinski definition) is 1. The van der Waals surface area contributed by atoms with E-state index in [2.05, 4.69) is 15.4 Å². The fourth-order valence-electron chi connectivity index (χ4n) is 2.21. The van der Waals surface area contributed by atoms with Crippen molar-refractivity contribution in [3.8, 4) is 0 Å². The van der Waals surface area contributed by atoms with Crippen LogP contribution in [0.5, 0.6) is 0 Å². The van der Waals surface area contributed by atoms with Crippen molar-refractivity contribution in [2.24, 2.45) is 0 Å². The van der Waals surface area contributed by atoms with Crippen LogP contribution in [0.1, 0.15) is 31.1 Å². The largest absolute Gasteiger partial charge is 0.353 e. The van der Waals surface area contributed by atoms with E-state index in [0.717, 1.165) is 11.4 Å². The van der Waals surface area contributed by atoms with Crippen LogP contribution in [-0.2, 0) is 17.8 Å². The minimum Gasteiger partial charge on any atom is -0.353 e. The first-order chi connectivity index (χ1) is 9.94. The molecule has 0 saturated heterocycles. The normalized spacial score (nSPS) is 12.2. The van der Waals surface area contributed by atoms with Crippen LogP contribution in [0.15, 0.2) is 24.3 Å². The first-order valence-corrected chi connectivity index (χ1v) is 6.86. The van der Waals surface area contributed by atoms with Gasteiger partial charge in [0, 0.05) is 19.4 Å². The molecule has 1 heterocycles. The zero-order chi connectivity index (χ0) is 15.4. The predicted octanol–water partition coefficient (Wildman–Crippen LogP) is 1.84. The molecule has 0 fully saturated rings. The van der Waals surface area contributed by atoms with E-state index in [1.54, 1.807) is 16.8 Å². The molecule has 0 saturated carbocycles. The van der Waals surface area contributed by atoms with Crippen LogP contribution in [0.25, 0.3) is 0 Å². The van der Waals surface area contributed by atoms with Crippen LogP contribution in [0.3, 0.4) is 0 Å². The van der Waals surface area contributed by atoms with Gasteiger partial charge in [-0.3, -0.25) is 4.79 Å². The molecular formula is C15H19FN4O. The summed E-state index contributed by atoms with van der Waals surface area (Å²) in [6.07, 6.45) is 0.599. The summed E-state index contributed by atoms with van der Waals surface area (Å²) in [4.78, 5) is 15.5. The van der Waals surface area contributed by atoms with Crippen molar-refractivity contribution in [3.63, 3.8) is 0 Å². The number of aryl methyl sites for hydroxylation is 1. The highest BCUT2D eigenvalue weighted by Gasteiger charge is 2.12. The van der Waals surface area contributed by atoms with Crippen LogP contribution in [0, 0.1) is 12.7 Å². The summed E-state index contributed by atoms with van der Waals surface area (Å²) in [5, 5.41) is 7.19. The lowest BCUT2D eigenvalue weighted by atomic mass is 10.2. The number of aromatic nitrogens is 3. The number of benzene rings is 1. The summed E-state index contributed by atoms with van der Waals surface area (Å²) >= 11 is 0. The molecule has 6 heteroatoms. The Morgan fingerprint density at radius 1 is 1.38 bits per heavy atom. The number of halogens is 1. The molecule has 0 radical (unpaired) electrons. The molecule has 1 unspecified atom stereocenters. The average molecular weight is 290 g/mol. The molecule has 1 aromatic carbocycles. The van der Waals surface area contributed by atoms with E-state index in [-0.39, 0.29) is 17.8 Å². The Kier molecular flexibility index (Phi) is 4.67. The maximum Gasteiger partial charge on any atom is 0.217 e. The summed E-state index contributed by atoms with van der Waals surface area (Å²) in [5.41, 5.74) is 0.953. The number of nitrogens with zero attached hydrogens (tertiary/aromatic N) is 3. The van der Waals surface area contributed by atoms with E-state index in [1.807, 2.05) is 13.8 Å². The van der Waals surface area contributed by atoms with Gasteiger partial charge < -0.3 is 5.32 Å². The summed E-state index contributed by atoms with van der Waals surface area (Å²) in [6, 6.07) is 6.30. The van der Waals surface area contributed by atoms with E-state index in [4.69, 9.17) is 0 Å². The van der Waals surface area contributed by atoms with Gasteiger partial charge in [-0.15, -0.1) is 0 Å². The Bertz CT molecular complexity index is 621. The Hall–Kier alpha value is -2.24. The molecule has 0 aliphatic carbocycles. The first-order valence-electron chi connectivity index (χ1n) is 6.86. The average Bonchev–Trinajstić information content (AvgIpc) is 2.71. The van der Waals surface area contributed by atoms with Crippen LogP contribution < -0.4 is 5.32 Å². The summed E-state index contributed by atoms with van der Waals surface area (Å²) < 4.78 is 14.7. The Labute approximate surface area is 123 Å². The maximum absolute atomic E-state index is 12.9. The standard InChI is InChI=1S/C15H19FN4O/c1-10(17-12(3)21)8-15-18-11(2)19-20(15)9-13-4-6-14(16)7-5-13/h4-7,10H,8-9H2,1-3H3,(H,17,21). The van der Waals surface area contributed by atoms with Crippen molar-refractivity contribution in [2.75, 3.05) is 0 Å². The second-order valence-corrected chi connectivity index (χ2v) is 5.17. The van der Waals surface area contributed by atoms with Gasteiger partial charge in [0.25, 0.3) is 0 Å². The lowest BCUT2D eigenvalue weighted by molar-refractivity contribution is -0.119. The van der Waals surface area contributed by atoms with Crippen molar-refractivity contribution >= 4 is 5.91 Å². The molecule has 2 rings (SSSR count). The molecule has 112 valence electrons. The Morgan fingerprint density at radius 2 is 2.05 bits per heavy atom. The lowest BCUT2D eigenvalue weighted by Crippen LogP contribution is -2.33. The van der Waals surface area contributed by atoms with Gasteiger partial charge in [-0.25, -0.2) is 14.1 Å². The zero-order valence-corrected chi connectivity index (χ0v) is 12.4. The number of rotatable bonds is 5. The quantitative estimate of drug-likeness (QED) is 0.914. The molecule has 21 heavy (non-hydrogen) atoms. The number of carbonyl (C=O) groups is 1. The monoisotopic (exact) mass is 290 g/mol. The van der Waals surface area contributed by atoms with Crippen LogP contribution >= 0.6 is 0 Å². The maximum atomic E-state index is 12.9. The highest BCUT2D eigenvalue weighted by Crippen LogP contribution is 2.08. The van der Waals surface area contributed by atoms with Crippen molar-refractivity contribution < 1.29 is 9.18 Å². The molecule has 1 atom stereocenters. The SMILES string of the molecule is CC(=O)NC(C)Cc1nc(C)nn1Cc1ccc(F)cc1. The molecule has 0 spiro atoms. The molecule has 1 N–H and O–H groups in total. The van der Waals surface area contributed by atoms with Gasteiger partial charge in [0.15, 0.2) is 0 Å². The summed E-state index contributed by atoms with van der Waals surface area (Å²) in [5.74, 6) is 1.16.